The quantitative estimate of drug-likeness (QED) is 0.690. The molecule has 0 bridgehead atoms. The molecule has 1 atom stereocenters. The molecule has 0 saturated heterocycles. The van der Waals surface area contributed by atoms with Crippen LogP contribution in [0.25, 0.3) is 0 Å². The molecular weight excluding hydrogens is 250 g/mol. The van der Waals surface area contributed by atoms with Gasteiger partial charge in [0.15, 0.2) is 0 Å². The van der Waals surface area contributed by atoms with Crippen LogP contribution in [-0.4, -0.2) is 28.8 Å². The van der Waals surface area contributed by atoms with E-state index < -0.39 is 17.9 Å². The lowest BCUT2D eigenvalue weighted by Gasteiger charge is -2.15. The molecule has 2 amide bonds. The maximum absolute atomic E-state index is 11.5. The van der Waals surface area contributed by atoms with E-state index in [4.69, 9.17) is 5.11 Å². The first kappa shape index (κ1) is 15.0. The Kier molecular flexibility index (Phi) is 5.84. The topological polar surface area (TPSA) is 104 Å². The second-order valence-corrected chi connectivity index (χ2v) is 4.72. The highest BCUT2D eigenvalue weighted by atomic mass is 16.5. The fourth-order valence-corrected chi connectivity index (χ4v) is 1.62. The number of rotatable bonds is 7. The maximum Gasteiger partial charge on any atom is 0.315 e. The third kappa shape index (κ3) is 5.89. The molecule has 0 aliphatic heterocycles. The Morgan fingerprint density at radius 1 is 1.42 bits per heavy atom. The number of amides is 2. The summed E-state index contributed by atoms with van der Waals surface area (Å²) in [7, 11) is 0. The Morgan fingerprint density at radius 2 is 2.16 bits per heavy atom. The minimum Gasteiger partial charge on any atom is -0.481 e. The third-order valence-electron chi connectivity index (χ3n) is 2.54. The lowest BCUT2D eigenvalue weighted by molar-refractivity contribution is -0.142. The number of urea groups is 1. The maximum atomic E-state index is 11.5. The van der Waals surface area contributed by atoms with Gasteiger partial charge in [0.2, 0.25) is 0 Å². The molecular formula is C12H19N3O4. The van der Waals surface area contributed by atoms with Gasteiger partial charge in [-0.1, -0.05) is 19.0 Å². The average molecular weight is 269 g/mol. The Hall–Kier alpha value is -2.05. The number of nitrogens with one attached hydrogen (secondary N) is 2. The summed E-state index contributed by atoms with van der Waals surface area (Å²) in [4.78, 5) is 22.5. The monoisotopic (exact) mass is 269 g/mol. The molecule has 0 saturated carbocycles. The van der Waals surface area contributed by atoms with E-state index in [2.05, 4.69) is 20.3 Å². The Balaban J connectivity index is 2.29. The van der Waals surface area contributed by atoms with Gasteiger partial charge in [0, 0.05) is 12.6 Å². The molecule has 106 valence electrons. The summed E-state index contributed by atoms with van der Waals surface area (Å²) in [6.07, 6.45) is 1.94. The summed E-state index contributed by atoms with van der Waals surface area (Å²) < 4.78 is 4.62. The molecule has 1 rings (SSSR count). The van der Waals surface area contributed by atoms with E-state index in [1.54, 1.807) is 6.07 Å². The normalized spacial score (nSPS) is 12.2. The van der Waals surface area contributed by atoms with Crippen LogP contribution in [0.5, 0.6) is 0 Å². The van der Waals surface area contributed by atoms with E-state index in [0.717, 1.165) is 0 Å². The molecule has 1 aromatic heterocycles. The van der Waals surface area contributed by atoms with Gasteiger partial charge >= 0.3 is 12.0 Å². The van der Waals surface area contributed by atoms with Crippen LogP contribution in [0, 0.1) is 11.8 Å². The van der Waals surface area contributed by atoms with Gasteiger partial charge in [0.05, 0.1) is 12.5 Å². The van der Waals surface area contributed by atoms with Crippen LogP contribution in [0.15, 0.2) is 16.9 Å². The summed E-state index contributed by atoms with van der Waals surface area (Å²) in [5.41, 5.74) is 0.604. The van der Waals surface area contributed by atoms with Crippen molar-refractivity contribution in [2.75, 3.05) is 6.54 Å². The van der Waals surface area contributed by atoms with Gasteiger partial charge in [-0.25, -0.2) is 4.79 Å². The number of hydrogen-bond acceptors (Lipinski definition) is 4. The lowest BCUT2D eigenvalue weighted by Crippen LogP contribution is -2.40. The van der Waals surface area contributed by atoms with E-state index in [-0.39, 0.29) is 19.0 Å². The van der Waals surface area contributed by atoms with E-state index in [1.165, 1.54) is 6.26 Å². The van der Waals surface area contributed by atoms with Crippen molar-refractivity contribution in [2.24, 2.45) is 11.8 Å². The van der Waals surface area contributed by atoms with Crippen molar-refractivity contribution in [3.63, 3.8) is 0 Å². The van der Waals surface area contributed by atoms with Crippen molar-refractivity contribution >= 4 is 12.0 Å². The van der Waals surface area contributed by atoms with E-state index >= 15 is 0 Å². The van der Waals surface area contributed by atoms with Gasteiger partial charge in [-0.2, -0.15) is 0 Å². The van der Waals surface area contributed by atoms with Gasteiger partial charge in [-0.15, -0.1) is 0 Å². The van der Waals surface area contributed by atoms with E-state index in [9.17, 15) is 9.59 Å². The lowest BCUT2D eigenvalue weighted by atomic mass is 9.97. The molecule has 0 spiro atoms. The van der Waals surface area contributed by atoms with Crippen LogP contribution in [0.4, 0.5) is 4.79 Å². The van der Waals surface area contributed by atoms with Crippen molar-refractivity contribution < 1.29 is 19.2 Å². The SMILES string of the molecule is CC(C)CC(CNC(=O)NCc1ccon1)C(=O)O. The zero-order chi connectivity index (χ0) is 14.3. The van der Waals surface area contributed by atoms with Gasteiger partial charge in [-0.3, -0.25) is 4.79 Å². The molecule has 0 fully saturated rings. The zero-order valence-electron chi connectivity index (χ0n) is 11.0. The van der Waals surface area contributed by atoms with Crippen molar-refractivity contribution in [1.82, 2.24) is 15.8 Å². The summed E-state index contributed by atoms with van der Waals surface area (Å²) >= 11 is 0. The Morgan fingerprint density at radius 3 is 2.68 bits per heavy atom. The van der Waals surface area contributed by atoms with Gasteiger partial charge in [-0.05, 0) is 12.3 Å². The molecule has 7 heteroatoms. The fraction of sp³-hybridized carbons (Fsp3) is 0.583. The van der Waals surface area contributed by atoms with Crippen LogP contribution in [0.1, 0.15) is 26.0 Å². The van der Waals surface area contributed by atoms with Gasteiger partial charge in [0.1, 0.15) is 12.0 Å². The van der Waals surface area contributed by atoms with E-state index in [0.29, 0.717) is 12.1 Å². The second-order valence-electron chi connectivity index (χ2n) is 4.72. The predicted molar refractivity (Wildman–Crippen MR) is 67.3 cm³/mol. The Bertz CT molecular complexity index is 403. The number of aromatic nitrogens is 1. The highest BCUT2D eigenvalue weighted by molar-refractivity contribution is 5.75. The minimum atomic E-state index is -0.898. The van der Waals surface area contributed by atoms with Crippen LogP contribution < -0.4 is 10.6 Å². The number of aliphatic carboxylic acids is 1. The predicted octanol–water partition coefficient (Wildman–Crippen LogP) is 1.22. The first-order valence-corrected chi connectivity index (χ1v) is 6.12. The largest absolute Gasteiger partial charge is 0.481 e. The number of carboxylic acid groups (broad SMARTS) is 1. The average Bonchev–Trinajstić information content (AvgIpc) is 2.84. The summed E-state index contributed by atoms with van der Waals surface area (Å²) in [6, 6.07) is 1.22. The first-order valence-electron chi connectivity index (χ1n) is 6.12. The van der Waals surface area contributed by atoms with Crippen LogP contribution in [0.2, 0.25) is 0 Å². The molecule has 0 aliphatic rings. The van der Waals surface area contributed by atoms with Crippen LogP contribution in [-0.2, 0) is 11.3 Å². The van der Waals surface area contributed by atoms with Gasteiger partial charge in [0.25, 0.3) is 0 Å². The molecule has 0 aliphatic carbocycles. The third-order valence-corrected chi connectivity index (χ3v) is 2.54. The number of carbonyl (C=O) groups is 2. The molecule has 7 nitrogen and oxygen atoms in total. The second kappa shape index (κ2) is 7.40. The van der Waals surface area contributed by atoms with Crippen molar-refractivity contribution in [3.05, 3.63) is 18.0 Å². The minimum absolute atomic E-state index is 0.109. The zero-order valence-corrected chi connectivity index (χ0v) is 11.0. The van der Waals surface area contributed by atoms with E-state index in [1.807, 2.05) is 13.8 Å². The summed E-state index contributed by atoms with van der Waals surface area (Å²) in [5.74, 6) is -1.20. The van der Waals surface area contributed by atoms with Gasteiger partial charge < -0.3 is 20.3 Å². The standard InChI is InChI=1S/C12H19N3O4/c1-8(2)5-9(11(16)17)6-13-12(18)14-7-10-3-4-19-15-10/h3-4,8-9H,5-7H2,1-2H3,(H,16,17)(H2,13,14,18). The van der Waals surface area contributed by atoms with Crippen LogP contribution >= 0.6 is 0 Å². The fourth-order valence-electron chi connectivity index (χ4n) is 1.62. The number of hydrogen-bond donors (Lipinski definition) is 3. The van der Waals surface area contributed by atoms with Crippen molar-refractivity contribution in [2.45, 2.75) is 26.8 Å². The summed E-state index contributed by atoms with van der Waals surface area (Å²) in [5, 5.41) is 17.8. The number of carboxylic acids is 1. The first-order chi connectivity index (χ1) is 8.99. The molecule has 1 aromatic rings. The molecule has 0 aromatic carbocycles. The molecule has 1 heterocycles. The number of carbonyl (C=O) groups excluding carboxylic acids is 1. The highest BCUT2D eigenvalue weighted by Gasteiger charge is 2.19. The highest BCUT2D eigenvalue weighted by Crippen LogP contribution is 2.10. The van der Waals surface area contributed by atoms with Crippen molar-refractivity contribution in [1.29, 1.82) is 0 Å². The van der Waals surface area contributed by atoms with Crippen LogP contribution in [0.3, 0.4) is 0 Å². The Labute approximate surface area is 111 Å². The number of nitrogens with zero attached hydrogens (tertiary/aromatic N) is 1. The molecule has 1 unspecified atom stereocenters. The smallest absolute Gasteiger partial charge is 0.315 e. The molecule has 0 radical (unpaired) electrons. The molecule has 19 heavy (non-hydrogen) atoms. The molecule has 3 N–H and O–H groups in total. The van der Waals surface area contributed by atoms with Crippen molar-refractivity contribution in [3.8, 4) is 0 Å². The summed E-state index contributed by atoms with van der Waals surface area (Å²) in [6.45, 7) is 4.24.